The summed E-state index contributed by atoms with van der Waals surface area (Å²) in [5.41, 5.74) is 6.87. The Morgan fingerprint density at radius 2 is 2.27 bits per heavy atom. The van der Waals surface area contributed by atoms with Crippen molar-refractivity contribution in [2.45, 2.75) is 6.92 Å². The van der Waals surface area contributed by atoms with Crippen molar-refractivity contribution in [2.75, 3.05) is 5.73 Å². The first kappa shape index (κ1) is 9.21. The van der Waals surface area contributed by atoms with Crippen molar-refractivity contribution in [3.05, 3.63) is 35.7 Å². The standard InChI is InChI=1S/C10H9N5/c1-7-6-15(14-10(7)12)9-4-2-3-8(5-11)13-9/h2-4,6H,1H3,(H2,12,14). The highest BCUT2D eigenvalue weighted by Gasteiger charge is 2.04. The molecule has 2 heterocycles. The van der Waals surface area contributed by atoms with Gasteiger partial charge in [-0.05, 0) is 19.1 Å². The van der Waals surface area contributed by atoms with Crippen LogP contribution in [0.5, 0.6) is 0 Å². The molecule has 0 amide bonds. The van der Waals surface area contributed by atoms with Gasteiger partial charge in [-0.15, -0.1) is 5.10 Å². The predicted octanol–water partition coefficient (Wildman–Crippen LogP) is 1.03. The smallest absolute Gasteiger partial charge is 0.154 e. The molecule has 0 spiro atoms. The molecule has 0 aliphatic heterocycles. The van der Waals surface area contributed by atoms with E-state index in [2.05, 4.69) is 10.1 Å². The number of nitrogens with zero attached hydrogens (tertiary/aromatic N) is 4. The van der Waals surface area contributed by atoms with Gasteiger partial charge in [0.25, 0.3) is 0 Å². The summed E-state index contributed by atoms with van der Waals surface area (Å²) in [6.07, 6.45) is 1.78. The third kappa shape index (κ3) is 1.65. The molecule has 5 heteroatoms. The maximum absolute atomic E-state index is 8.70. The summed E-state index contributed by atoms with van der Waals surface area (Å²) in [5, 5.41) is 12.8. The van der Waals surface area contributed by atoms with E-state index in [0.717, 1.165) is 5.56 Å². The Morgan fingerprint density at radius 1 is 1.47 bits per heavy atom. The van der Waals surface area contributed by atoms with Gasteiger partial charge in [0, 0.05) is 11.8 Å². The number of pyridine rings is 1. The minimum absolute atomic E-state index is 0.360. The molecule has 2 N–H and O–H groups in total. The number of rotatable bonds is 1. The van der Waals surface area contributed by atoms with Crippen molar-refractivity contribution in [3.8, 4) is 11.9 Å². The molecule has 2 aromatic rings. The fourth-order valence-corrected chi connectivity index (χ4v) is 1.20. The van der Waals surface area contributed by atoms with E-state index >= 15 is 0 Å². The van der Waals surface area contributed by atoms with Crippen LogP contribution in [0.1, 0.15) is 11.3 Å². The molecule has 0 atom stereocenters. The van der Waals surface area contributed by atoms with Crippen molar-refractivity contribution in [1.29, 1.82) is 5.26 Å². The lowest BCUT2D eigenvalue weighted by Gasteiger charge is -1.98. The summed E-state index contributed by atoms with van der Waals surface area (Å²) in [5.74, 6) is 1.06. The quantitative estimate of drug-likeness (QED) is 0.743. The highest BCUT2D eigenvalue weighted by molar-refractivity contribution is 5.39. The Morgan fingerprint density at radius 3 is 2.87 bits per heavy atom. The number of nitriles is 1. The van der Waals surface area contributed by atoms with Crippen LogP contribution in [0.4, 0.5) is 5.82 Å². The Hall–Kier alpha value is -2.35. The van der Waals surface area contributed by atoms with Gasteiger partial charge in [-0.1, -0.05) is 6.07 Å². The largest absolute Gasteiger partial charge is 0.382 e. The molecular formula is C10H9N5. The lowest BCUT2D eigenvalue weighted by Crippen LogP contribution is -1.99. The van der Waals surface area contributed by atoms with E-state index in [4.69, 9.17) is 11.0 Å². The zero-order chi connectivity index (χ0) is 10.8. The summed E-state index contributed by atoms with van der Waals surface area (Å²) >= 11 is 0. The molecule has 0 aliphatic carbocycles. The average Bonchev–Trinajstić information content (AvgIpc) is 2.59. The Kier molecular flexibility index (Phi) is 2.10. The van der Waals surface area contributed by atoms with E-state index in [1.54, 1.807) is 29.1 Å². The Balaban J connectivity index is 2.50. The zero-order valence-electron chi connectivity index (χ0n) is 8.18. The first-order valence-corrected chi connectivity index (χ1v) is 4.40. The van der Waals surface area contributed by atoms with Gasteiger partial charge >= 0.3 is 0 Å². The van der Waals surface area contributed by atoms with Crippen LogP contribution in [0.25, 0.3) is 5.82 Å². The van der Waals surface area contributed by atoms with Gasteiger partial charge in [0.05, 0.1) is 0 Å². The number of aromatic nitrogens is 3. The van der Waals surface area contributed by atoms with Crippen molar-refractivity contribution in [1.82, 2.24) is 14.8 Å². The van der Waals surface area contributed by atoms with Gasteiger partial charge < -0.3 is 5.73 Å². The third-order valence-corrected chi connectivity index (χ3v) is 2.02. The number of nitrogen functional groups attached to an aromatic ring is 1. The highest BCUT2D eigenvalue weighted by atomic mass is 15.3. The van der Waals surface area contributed by atoms with Crippen LogP contribution in [0.15, 0.2) is 24.4 Å². The fourth-order valence-electron chi connectivity index (χ4n) is 1.20. The molecule has 5 nitrogen and oxygen atoms in total. The summed E-state index contributed by atoms with van der Waals surface area (Å²) in [4.78, 5) is 4.10. The van der Waals surface area contributed by atoms with Gasteiger partial charge in [-0.25, -0.2) is 9.67 Å². The molecule has 0 aliphatic rings. The molecule has 0 aromatic carbocycles. The van der Waals surface area contributed by atoms with E-state index in [-0.39, 0.29) is 0 Å². The van der Waals surface area contributed by atoms with Gasteiger partial charge in [-0.2, -0.15) is 5.26 Å². The van der Waals surface area contributed by atoms with Gasteiger partial charge in [0.15, 0.2) is 5.82 Å². The van der Waals surface area contributed by atoms with Crippen molar-refractivity contribution < 1.29 is 0 Å². The highest BCUT2D eigenvalue weighted by Crippen LogP contribution is 2.11. The second-order valence-electron chi connectivity index (χ2n) is 3.13. The average molecular weight is 199 g/mol. The topological polar surface area (TPSA) is 80.5 Å². The fraction of sp³-hybridized carbons (Fsp3) is 0.100. The number of hydrogen-bond acceptors (Lipinski definition) is 4. The van der Waals surface area contributed by atoms with E-state index in [1.165, 1.54) is 0 Å². The van der Waals surface area contributed by atoms with Crippen LogP contribution in [0, 0.1) is 18.3 Å². The lowest BCUT2D eigenvalue weighted by atomic mass is 10.3. The maximum Gasteiger partial charge on any atom is 0.154 e. The predicted molar refractivity (Wildman–Crippen MR) is 55.2 cm³/mol. The normalized spacial score (nSPS) is 9.87. The van der Waals surface area contributed by atoms with Gasteiger partial charge in [-0.3, -0.25) is 0 Å². The molecular weight excluding hydrogens is 190 g/mol. The minimum Gasteiger partial charge on any atom is -0.382 e. The van der Waals surface area contributed by atoms with E-state index < -0.39 is 0 Å². The summed E-state index contributed by atoms with van der Waals surface area (Å²) < 4.78 is 1.56. The van der Waals surface area contributed by atoms with Gasteiger partial charge in [0.1, 0.15) is 17.6 Å². The number of nitrogens with two attached hydrogens (primary N) is 1. The van der Waals surface area contributed by atoms with E-state index in [1.807, 2.05) is 13.0 Å². The van der Waals surface area contributed by atoms with E-state index in [9.17, 15) is 0 Å². The molecule has 74 valence electrons. The lowest BCUT2D eigenvalue weighted by molar-refractivity contribution is 0.848. The van der Waals surface area contributed by atoms with Crippen LogP contribution in [-0.2, 0) is 0 Å². The Labute approximate surface area is 86.8 Å². The van der Waals surface area contributed by atoms with Crippen LogP contribution in [-0.4, -0.2) is 14.8 Å². The molecule has 2 aromatic heterocycles. The molecule has 0 fully saturated rings. The van der Waals surface area contributed by atoms with Crippen LogP contribution < -0.4 is 5.73 Å². The van der Waals surface area contributed by atoms with Crippen molar-refractivity contribution in [2.24, 2.45) is 0 Å². The number of anilines is 1. The second kappa shape index (κ2) is 3.42. The molecule has 15 heavy (non-hydrogen) atoms. The maximum atomic E-state index is 8.70. The van der Waals surface area contributed by atoms with Gasteiger partial charge in [0.2, 0.25) is 0 Å². The minimum atomic E-state index is 0.360. The number of aryl methyl sites for hydroxylation is 1. The first-order valence-electron chi connectivity index (χ1n) is 4.40. The molecule has 0 unspecified atom stereocenters. The molecule has 2 rings (SSSR count). The second-order valence-corrected chi connectivity index (χ2v) is 3.13. The summed E-state index contributed by atoms with van der Waals surface area (Å²) in [6.45, 7) is 1.87. The number of hydrogen-bond donors (Lipinski definition) is 1. The zero-order valence-corrected chi connectivity index (χ0v) is 8.18. The van der Waals surface area contributed by atoms with Crippen LogP contribution in [0.2, 0.25) is 0 Å². The first-order chi connectivity index (χ1) is 7.20. The molecule has 0 saturated heterocycles. The molecule has 0 saturated carbocycles. The monoisotopic (exact) mass is 199 g/mol. The SMILES string of the molecule is Cc1cn(-c2cccc(C#N)n2)nc1N. The molecule has 0 bridgehead atoms. The van der Waals surface area contributed by atoms with Crippen LogP contribution >= 0.6 is 0 Å². The van der Waals surface area contributed by atoms with E-state index in [0.29, 0.717) is 17.3 Å². The summed E-state index contributed by atoms with van der Waals surface area (Å²) in [6, 6.07) is 7.15. The summed E-state index contributed by atoms with van der Waals surface area (Å²) in [7, 11) is 0. The molecule has 0 radical (unpaired) electrons. The Bertz CT molecular complexity index is 515. The van der Waals surface area contributed by atoms with Crippen molar-refractivity contribution in [3.63, 3.8) is 0 Å². The third-order valence-electron chi connectivity index (χ3n) is 2.02. The van der Waals surface area contributed by atoms with Crippen molar-refractivity contribution >= 4 is 5.82 Å². The van der Waals surface area contributed by atoms with Crippen LogP contribution in [0.3, 0.4) is 0 Å².